The Morgan fingerprint density at radius 1 is 1.44 bits per heavy atom. The van der Waals surface area contributed by atoms with Crippen LogP contribution < -0.4 is 5.32 Å². The van der Waals surface area contributed by atoms with Crippen molar-refractivity contribution in [1.29, 1.82) is 0 Å². The molecule has 0 aliphatic rings. The molecule has 0 spiro atoms. The van der Waals surface area contributed by atoms with E-state index in [1.165, 1.54) is 0 Å². The van der Waals surface area contributed by atoms with Gasteiger partial charge in [-0.15, -0.1) is 0 Å². The number of rotatable bonds is 7. The van der Waals surface area contributed by atoms with Crippen LogP contribution in [0.15, 0.2) is 4.52 Å². The molecule has 0 radical (unpaired) electrons. The number of carbonyl (C=O) groups excluding carboxylic acids is 1. The highest BCUT2D eigenvalue weighted by atomic mass is 16.5. The molecule has 0 fully saturated rings. The molecule has 0 unspecified atom stereocenters. The lowest BCUT2D eigenvalue weighted by molar-refractivity contribution is 0.151. The van der Waals surface area contributed by atoms with Crippen LogP contribution in [0.1, 0.15) is 25.6 Å². The highest BCUT2D eigenvalue weighted by Crippen LogP contribution is 1.99. The molecule has 1 N–H and O–H groups in total. The van der Waals surface area contributed by atoms with Gasteiger partial charge in [0.15, 0.2) is 5.82 Å². The van der Waals surface area contributed by atoms with E-state index >= 15 is 0 Å². The predicted molar refractivity (Wildman–Crippen MR) is 65.0 cm³/mol. The molecule has 102 valence electrons. The van der Waals surface area contributed by atoms with E-state index in [0.29, 0.717) is 44.4 Å². The van der Waals surface area contributed by atoms with E-state index in [1.807, 2.05) is 13.8 Å². The third-order valence-corrected chi connectivity index (χ3v) is 2.45. The minimum atomic E-state index is -0.0689. The van der Waals surface area contributed by atoms with E-state index in [0.717, 1.165) is 0 Å². The Bertz CT molecular complexity index is 363. The summed E-state index contributed by atoms with van der Waals surface area (Å²) in [7, 11) is 1.56. The van der Waals surface area contributed by atoms with E-state index in [-0.39, 0.29) is 6.03 Å². The van der Waals surface area contributed by atoms with Gasteiger partial charge in [-0.3, -0.25) is 0 Å². The summed E-state index contributed by atoms with van der Waals surface area (Å²) in [4.78, 5) is 17.5. The van der Waals surface area contributed by atoms with E-state index in [4.69, 9.17) is 9.26 Å². The molecule has 1 aromatic rings. The second-order valence-corrected chi connectivity index (χ2v) is 3.69. The molecular weight excluding hydrogens is 236 g/mol. The Balaban J connectivity index is 2.30. The molecule has 0 atom stereocenters. The molecule has 0 aliphatic heterocycles. The molecule has 7 heteroatoms. The highest BCUT2D eigenvalue weighted by molar-refractivity contribution is 5.74. The van der Waals surface area contributed by atoms with E-state index in [2.05, 4.69) is 15.5 Å². The summed E-state index contributed by atoms with van der Waals surface area (Å²) in [6.07, 6.45) is 0.542. The average molecular weight is 256 g/mol. The molecule has 1 rings (SSSR count). The first-order valence-corrected chi connectivity index (χ1v) is 6.04. The van der Waals surface area contributed by atoms with Crippen molar-refractivity contribution in [2.45, 2.75) is 26.9 Å². The standard InChI is InChI=1S/C11H20N4O3/c1-4-15(5-2)11(16)12-7-6-9-13-10(8-17-3)18-14-9/h4-8H2,1-3H3,(H,12,16). The van der Waals surface area contributed by atoms with Crippen LogP contribution in [-0.4, -0.2) is 47.8 Å². The molecular formula is C11H20N4O3. The van der Waals surface area contributed by atoms with Gasteiger partial charge >= 0.3 is 6.03 Å². The first-order valence-electron chi connectivity index (χ1n) is 6.04. The van der Waals surface area contributed by atoms with Gasteiger partial charge in [0.2, 0.25) is 0 Å². The van der Waals surface area contributed by atoms with Crippen molar-refractivity contribution in [3.8, 4) is 0 Å². The van der Waals surface area contributed by atoms with Gasteiger partial charge in [0.05, 0.1) is 0 Å². The number of amides is 2. The summed E-state index contributed by atoms with van der Waals surface area (Å²) in [5.41, 5.74) is 0. The molecule has 18 heavy (non-hydrogen) atoms. The fourth-order valence-electron chi connectivity index (χ4n) is 1.48. The van der Waals surface area contributed by atoms with Crippen LogP contribution in [-0.2, 0) is 17.8 Å². The lowest BCUT2D eigenvalue weighted by atomic mass is 10.4. The third-order valence-electron chi connectivity index (χ3n) is 2.45. The molecule has 0 bridgehead atoms. The minimum absolute atomic E-state index is 0.0689. The largest absolute Gasteiger partial charge is 0.375 e. The number of nitrogens with zero attached hydrogens (tertiary/aromatic N) is 3. The van der Waals surface area contributed by atoms with Gasteiger partial charge in [-0.1, -0.05) is 5.16 Å². The lowest BCUT2D eigenvalue weighted by Crippen LogP contribution is -2.40. The summed E-state index contributed by atoms with van der Waals surface area (Å²) in [5, 5.41) is 6.59. The lowest BCUT2D eigenvalue weighted by Gasteiger charge is -2.18. The van der Waals surface area contributed by atoms with Crippen LogP contribution in [0.4, 0.5) is 4.79 Å². The second kappa shape index (κ2) is 7.65. The summed E-state index contributed by atoms with van der Waals surface area (Å²) >= 11 is 0. The maximum atomic E-state index is 11.6. The van der Waals surface area contributed by atoms with Crippen LogP contribution in [0.5, 0.6) is 0 Å². The number of aromatic nitrogens is 2. The molecule has 0 saturated carbocycles. The second-order valence-electron chi connectivity index (χ2n) is 3.69. The monoisotopic (exact) mass is 256 g/mol. The van der Waals surface area contributed by atoms with Crippen molar-refractivity contribution >= 4 is 6.03 Å². The number of hydrogen-bond acceptors (Lipinski definition) is 5. The first kappa shape index (κ1) is 14.4. The van der Waals surface area contributed by atoms with Gasteiger partial charge in [-0.2, -0.15) is 4.98 Å². The van der Waals surface area contributed by atoms with Crippen molar-refractivity contribution in [1.82, 2.24) is 20.4 Å². The summed E-state index contributed by atoms with van der Waals surface area (Å²) in [6.45, 7) is 6.07. The maximum absolute atomic E-state index is 11.6. The SMILES string of the molecule is CCN(CC)C(=O)NCCc1noc(COC)n1. The van der Waals surface area contributed by atoms with Crippen LogP contribution in [0, 0.1) is 0 Å². The van der Waals surface area contributed by atoms with E-state index in [9.17, 15) is 4.79 Å². The quantitative estimate of drug-likeness (QED) is 0.780. The van der Waals surface area contributed by atoms with Crippen molar-refractivity contribution < 1.29 is 14.1 Å². The van der Waals surface area contributed by atoms with Crippen LogP contribution in [0.2, 0.25) is 0 Å². The van der Waals surface area contributed by atoms with Gasteiger partial charge in [0, 0.05) is 33.2 Å². The topological polar surface area (TPSA) is 80.5 Å². The van der Waals surface area contributed by atoms with Crippen molar-refractivity contribution in [2.24, 2.45) is 0 Å². The first-order chi connectivity index (χ1) is 8.71. The van der Waals surface area contributed by atoms with Crippen molar-refractivity contribution in [3.63, 3.8) is 0 Å². The zero-order chi connectivity index (χ0) is 13.4. The summed E-state index contributed by atoms with van der Waals surface area (Å²) < 4.78 is 9.81. The zero-order valence-corrected chi connectivity index (χ0v) is 11.1. The van der Waals surface area contributed by atoms with Gasteiger partial charge in [-0.05, 0) is 13.8 Å². The average Bonchev–Trinajstić information content (AvgIpc) is 2.79. The molecule has 7 nitrogen and oxygen atoms in total. The van der Waals surface area contributed by atoms with Gasteiger partial charge in [-0.25, -0.2) is 4.79 Å². The van der Waals surface area contributed by atoms with E-state index in [1.54, 1.807) is 12.0 Å². The van der Waals surface area contributed by atoms with Crippen LogP contribution in [0.3, 0.4) is 0 Å². The zero-order valence-electron chi connectivity index (χ0n) is 11.1. The van der Waals surface area contributed by atoms with Crippen LogP contribution in [0.25, 0.3) is 0 Å². The smallest absolute Gasteiger partial charge is 0.317 e. The molecule has 0 aliphatic carbocycles. The number of urea groups is 1. The Kier molecular flexibility index (Phi) is 6.13. The molecule has 0 saturated heterocycles. The van der Waals surface area contributed by atoms with Gasteiger partial charge < -0.3 is 19.5 Å². The van der Waals surface area contributed by atoms with E-state index < -0.39 is 0 Å². The number of nitrogens with one attached hydrogen (secondary N) is 1. The summed E-state index contributed by atoms with van der Waals surface area (Å²) in [6, 6.07) is -0.0689. The Morgan fingerprint density at radius 3 is 2.78 bits per heavy atom. The molecule has 0 aromatic carbocycles. The number of methoxy groups -OCH3 is 1. The Hall–Kier alpha value is -1.63. The van der Waals surface area contributed by atoms with Crippen LogP contribution >= 0.6 is 0 Å². The normalized spacial score (nSPS) is 10.4. The van der Waals surface area contributed by atoms with Gasteiger partial charge in [0.25, 0.3) is 5.89 Å². The molecule has 1 heterocycles. The molecule has 2 amide bonds. The van der Waals surface area contributed by atoms with Gasteiger partial charge in [0.1, 0.15) is 6.61 Å². The fourth-order valence-corrected chi connectivity index (χ4v) is 1.48. The summed E-state index contributed by atoms with van der Waals surface area (Å²) in [5.74, 6) is 1.02. The van der Waals surface area contributed by atoms with Crippen molar-refractivity contribution in [2.75, 3.05) is 26.7 Å². The van der Waals surface area contributed by atoms with Crippen molar-refractivity contribution in [3.05, 3.63) is 11.7 Å². The molecule has 1 aromatic heterocycles. The Morgan fingerprint density at radius 2 is 2.17 bits per heavy atom. The minimum Gasteiger partial charge on any atom is -0.375 e. The highest BCUT2D eigenvalue weighted by Gasteiger charge is 2.09. The number of hydrogen-bond donors (Lipinski definition) is 1. The Labute approximate surface area is 106 Å². The number of ether oxygens (including phenoxy) is 1. The number of carbonyl (C=O) groups is 1. The fraction of sp³-hybridized carbons (Fsp3) is 0.727. The maximum Gasteiger partial charge on any atom is 0.317 e. The third kappa shape index (κ3) is 4.33. The predicted octanol–water partition coefficient (Wildman–Crippen LogP) is 0.810.